The first kappa shape index (κ1) is 13.6. The molecule has 0 saturated heterocycles. The van der Waals surface area contributed by atoms with Gasteiger partial charge in [0.2, 0.25) is 0 Å². The third-order valence-electron chi connectivity index (χ3n) is 3.26. The van der Waals surface area contributed by atoms with Crippen molar-refractivity contribution in [2.24, 2.45) is 5.73 Å². The molecule has 2 aromatic rings. The molecule has 0 saturated carbocycles. The second-order valence-electron chi connectivity index (χ2n) is 4.35. The lowest BCUT2D eigenvalue weighted by molar-refractivity contribution is 0.863. The quantitative estimate of drug-likeness (QED) is 0.871. The average molecular weight is 280 g/mol. The lowest BCUT2D eigenvalue weighted by atomic mass is 9.95. The van der Waals surface area contributed by atoms with Crippen molar-refractivity contribution in [3.8, 4) is 0 Å². The van der Waals surface area contributed by atoms with Crippen LogP contribution in [0.3, 0.4) is 0 Å². The van der Waals surface area contributed by atoms with Crippen molar-refractivity contribution < 1.29 is 0 Å². The number of halogens is 1. The lowest BCUT2D eigenvalue weighted by Gasteiger charge is -2.16. The Bertz CT molecular complexity index is 533. The Kier molecular flexibility index (Phi) is 4.44. The number of aryl methyl sites for hydroxylation is 2. The predicted molar refractivity (Wildman–Crippen MR) is 80.6 cm³/mol. The molecule has 1 atom stereocenters. The summed E-state index contributed by atoms with van der Waals surface area (Å²) in [6.07, 6.45) is 2.03. The summed E-state index contributed by atoms with van der Waals surface area (Å²) in [7, 11) is 0. The zero-order valence-corrected chi connectivity index (χ0v) is 12.3. The van der Waals surface area contributed by atoms with E-state index in [1.165, 1.54) is 16.7 Å². The van der Waals surface area contributed by atoms with Gasteiger partial charge in [0.1, 0.15) is 0 Å². The van der Waals surface area contributed by atoms with Crippen LogP contribution in [0.2, 0.25) is 5.02 Å². The van der Waals surface area contributed by atoms with Gasteiger partial charge in [0.05, 0.1) is 11.1 Å². The van der Waals surface area contributed by atoms with Gasteiger partial charge in [0.25, 0.3) is 0 Å². The monoisotopic (exact) mass is 279 g/mol. The van der Waals surface area contributed by atoms with Crippen molar-refractivity contribution in [3.05, 3.63) is 56.2 Å². The largest absolute Gasteiger partial charge is 0.320 e. The van der Waals surface area contributed by atoms with Crippen LogP contribution < -0.4 is 5.73 Å². The molecule has 18 heavy (non-hydrogen) atoms. The minimum absolute atomic E-state index is 0.112. The first-order valence-electron chi connectivity index (χ1n) is 6.27. The van der Waals surface area contributed by atoms with Gasteiger partial charge in [-0.15, -0.1) is 11.3 Å². The highest BCUT2D eigenvalue weighted by molar-refractivity contribution is 7.10. The Morgan fingerprint density at radius 1 is 1.22 bits per heavy atom. The van der Waals surface area contributed by atoms with Crippen LogP contribution in [-0.4, -0.2) is 0 Å². The van der Waals surface area contributed by atoms with Crippen LogP contribution in [0.25, 0.3) is 0 Å². The fourth-order valence-electron chi connectivity index (χ4n) is 2.14. The summed E-state index contributed by atoms with van der Waals surface area (Å²) in [6, 6.07) is 8.40. The maximum Gasteiger partial charge on any atom is 0.0663 e. The zero-order valence-electron chi connectivity index (χ0n) is 10.7. The molecule has 1 aromatic carbocycles. The Morgan fingerprint density at radius 2 is 2.00 bits per heavy atom. The molecule has 1 unspecified atom stereocenters. The van der Waals surface area contributed by atoms with Crippen LogP contribution in [0.15, 0.2) is 29.6 Å². The van der Waals surface area contributed by atoms with Gasteiger partial charge in [-0.2, -0.15) is 0 Å². The summed E-state index contributed by atoms with van der Waals surface area (Å²) in [5, 5.41) is 2.77. The molecule has 0 spiro atoms. The van der Waals surface area contributed by atoms with Gasteiger partial charge < -0.3 is 5.73 Å². The van der Waals surface area contributed by atoms with E-state index in [2.05, 4.69) is 32.0 Å². The summed E-state index contributed by atoms with van der Waals surface area (Å²) in [5.74, 6) is 0. The molecule has 2 rings (SSSR count). The summed E-state index contributed by atoms with van der Waals surface area (Å²) >= 11 is 7.81. The average Bonchev–Trinajstić information content (AvgIpc) is 2.83. The molecule has 1 nitrogen and oxygen atoms in total. The third-order valence-corrected chi connectivity index (χ3v) is 4.70. The molecule has 0 aliphatic heterocycles. The van der Waals surface area contributed by atoms with E-state index in [0.717, 1.165) is 22.7 Å². The van der Waals surface area contributed by atoms with E-state index in [1.807, 2.05) is 11.4 Å². The molecule has 0 radical (unpaired) electrons. The molecular formula is C15H18ClNS. The van der Waals surface area contributed by atoms with Crippen LogP contribution in [0.4, 0.5) is 0 Å². The third kappa shape index (κ3) is 2.61. The first-order chi connectivity index (χ1) is 8.67. The second-order valence-corrected chi connectivity index (χ2v) is 5.71. The van der Waals surface area contributed by atoms with Crippen molar-refractivity contribution in [1.82, 2.24) is 0 Å². The van der Waals surface area contributed by atoms with E-state index in [-0.39, 0.29) is 6.04 Å². The number of thiophene rings is 1. The van der Waals surface area contributed by atoms with E-state index < -0.39 is 0 Å². The van der Waals surface area contributed by atoms with Gasteiger partial charge in [0.15, 0.2) is 0 Å². The molecule has 0 amide bonds. The SMILES string of the molecule is CCc1ccc(CC)c(C(N)c2sccc2Cl)c1. The van der Waals surface area contributed by atoms with Gasteiger partial charge in [-0.25, -0.2) is 0 Å². The first-order valence-corrected chi connectivity index (χ1v) is 7.53. The Balaban J connectivity index is 2.45. The molecule has 1 heterocycles. The maximum absolute atomic E-state index is 6.39. The maximum atomic E-state index is 6.39. The van der Waals surface area contributed by atoms with Crippen molar-refractivity contribution in [1.29, 1.82) is 0 Å². The molecular weight excluding hydrogens is 262 g/mol. The van der Waals surface area contributed by atoms with Crippen molar-refractivity contribution in [2.45, 2.75) is 32.7 Å². The Morgan fingerprint density at radius 3 is 2.56 bits per heavy atom. The van der Waals surface area contributed by atoms with Gasteiger partial charge in [0, 0.05) is 4.88 Å². The highest BCUT2D eigenvalue weighted by atomic mass is 35.5. The Labute approximate surface area is 118 Å². The molecule has 0 aliphatic carbocycles. The van der Waals surface area contributed by atoms with Gasteiger partial charge in [-0.1, -0.05) is 43.6 Å². The summed E-state index contributed by atoms with van der Waals surface area (Å²) in [4.78, 5) is 1.06. The number of rotatable bonds is 4. The van der Waals surface area contributed by atoms with Gasteiger partial charge in [-0.3, -0.25) is 0 Å². The van der Waals surface area contributed by atoms with Crippen molar-refractivity contribution in [3.63, 3.8) is 0 Å². The summed E-state index contributed by atoms with van der Waals surface area (Å²) < 4.78 is 0. The minimum Gasteiger partial charge on any atom is -0.320 e. The fourth-order valence-corrected chi connectivity index (χ4v) is 3.34. The van der Waals surface area contributed by atoms with Crippen molar-refractivity contribution in [2.75, 3.05) is 0 Å². The summed E-state index contributed by atoms with van der Waals surface area (Å²) in [6.45, 7) is 4.32. The number of nitrogens with two attached hydrogens (primary N) is 1. The lowest BCUT2D eigenvalue weighted by Crippen LogP contribution is -2.13. The van der Waals surface area contributed by atoms with E-state index in [1.54, 1.807) is 11.3 Å². The molecule has 3 heteroatoms. The zero-order chi connectivity index (χ0) is 13.1. The summed E-state index contributed by atoms with van der Waals surface area (Å²) in [5.41, 5.74) is 10.2. The number of benzene rings is 1. The smallest absolute Gasteiger partial charge is 0.0663 e. The van der Waals surface area contributed by atoms with Crippen LogP contribution in [0.5, 0.6) is 0 Å². The second kappa shape index (κ2) is 5.87. The number of hydrogen-bond acceptors (Lipinski definition) is 2. The van der Waals surface area contributed by atoms with Gasteiger partial charge in [-0.05, 0) is 41.0 Å². The topological polar surface area (TPSA) is 26.0 Å². The fraction of sp³-hybridized carbons (Fsp3) is 0.333. The standard InChI is InChI=1S/C15H18ClNS/c1-3-10-5-6-11(4-2)12(9-10)14(17)15-13(16)7-8-18-15/h5-9,14H,3-4,17H2,1-2H3. The molecule has 0 fully saturated rings. The van der Waals surface area contributed by atoms with E-state index >= 15 is 0 Å². The molecule has 2 N–H and O–H groups in total. The highest BCUT2D eigenvalue weighted by Crippen LogP contribution is 2.33. The van der Waals surface area contributed by atoms with E-state index in [4.69, 9.17) is 17.3 Å². The van der Waals surface area contributed by atoms with E-state index in [9.17, 15) is 0 Å². The molecule has 0 aliphatic rings. The van der Waals surface area contributed by atoms with Crippen LogP contribution >= 0.6 is 22.9 Å². The Hall–Kier alpha value is -0.830. The van der Waals surface area contributed by atoms with E-state index in [0.29, 0.717) is 0 Å². The van der Waals surface area contributed by atoms with Gasteiger partial charge >= 0.3 is 0 Å². The number of hydrogen-bond donors (Lipinski definition) is 1. The van der Waals surface area contributed by atoms with Crippen molar-refractivity contribution >= 4 is 22.9 Å². The molecule has 0 bridgehead atoms. The highest BCUT2D eigenvalue weighted by Gasteiger charge is 2.17. The van der Waals surface area contributed by atoms with Crippen LogP contribution in [0, 0.1) is 0 Å². The molecule has 1 aromatic heterocycles. The van der Waals surface area contributed by atoms with Crippen LogP contribution in [-0.2, 0) is 12.8 Å². The predicted octanol–water partition coefficient (Wildman–Crippen LogP) is 4.57. The molecule has 96 valence electrons. The minimum atomic E-state index is -0.112. The van der Waals surface area contributed by atoms with Crippen LogP contribution in [0.1, 0.15) is 41.5 Å². The normalized spacial score (nSPS) is 12.7.